The highest BCUT2D eigenvalue weighted by Crippen LogP contribution is 2.27. The molecule has 3 rings (SSSR count). The van der Waals surface area contributed by atoms with Gasteiger partial charge in [0.15, 0.2) is 0 Å². The van der Waals surface area contributed by atoms with Crippen LogP contribution in [0.15, 0.2) is 77.7 Å². The summed E-state index contributed by atoms with van der Waals surface area (Å²) in [5.74, 6) is -0.700. The maximum absolute atomic E-state index is 12.6. The number of hydrogen-bond donors (Lipinski definition) is 3. The van der Waals surface area contributed by atoms with Crippen molar-refractivity contribution in [2.75, 3.05) is 5.32 Å². The van der Waals surface area contributed by atoms with E-state index >= 15 is 0 Å². The number of amides is 2. The number of carbonyl (C=O) groups excluding carboxylic acids is 2. The second kappa shape index (κ2) is 8.75. The highest BCUT2D eigenvalue weighted by Gasteiger charge is 2.17. The minimum atomic E-state index is -0.384. The summed E-state index contributed by atoms with van der Waals surface area (Å²) in [7, 11) is 0. The molecule has 0 bridgehead atoms. The van der Waals surface area contributed by atoms with Gasteiger partial charge in [0.05, 0.1) is 10.6 Å². The van der Waals surface area contributed by atoms with Crippen LogP contribution in [0.4, 0.5) is 5.69 Å². The number of nitrogens with one attached hydrogen (secondary N) is 2. The molecule has 0 aliphatic carbocycles. The summed E-state index contributed by atoms with van der Waals surface area (Å²) in [5.41, 5.74) is 2.15. The third-order valence-corrected chi connectivity index (χ3v) is 4.81. The zero-order valence-corrected chi connectivity index (χ0v) is 15.9. The van der Waals surface area contributed by atoms with Crippen LogP contribution in [-0.4, -0.2) is 11.8 Å². The van der Waals surface area contributed by atoms with Gasteiger partial charge in [0.2, 0.25) is 0 Å². The largest absolute Gasteiger partial charge is 0.348 e. The summed E-state index contributed by atoms with van der Waals surface area (Å²) in [6.07, 6.45) is 0. The lowest BCUT2D eigenvalue weighted by atomic mass is 10.1. The molecule has 4 nitrogen and oxygen atoms in total. The van der Waals surface area contributed by atoms with E-state index in [1.54, 1.807) is 12.1 Å². The quantitative estimate of drug-likeness (QED) is 0.542. The molecular formula is C21H17ClN2O2S. The summed E-state index contributed by atoms with van der Waals surface area (Å²) in [6.45, 7) is 0.380. The van der Waals surface area contributed by atoms with E-state index in [1.165, 1.54) is 12.1 Å². The van der Waals surface area contributed by atoms with E-state index in [1.807, 2.05) is 48.5 Å². The first kappa shape index (κ1) is 19.0. The Morgan fingerprint density at radius 1 is 0.889 bits per heavy atom. The zero-order chi connectivity index (χ0) is 19.2. The van der Waals surface area contributed by atoms with Gasteiger partial charge in [-0.15, -0.1) is 12.6 Å². The SMILES string of the molecule is O=C(NCc1ccccc1)c1cc(Cl)c(S)c(C(=O)Nc2ccccc2)c1. The minimum Gasteiger partial charge on any atom is -0.348 e. The van der Waals surface area contributed by atoms with Crippen molar-refractivity contribution in [3.63, 3.8) is 0 Å². The molecule has 0 aliphatic heterocycles. The third-order valence-electron chi connectivity index (χ3n) is 3.90. The number of halogens is 1. The molecule has 0 aromatic heterocycles. The van der Waals surface area contributed by atoms with Crippen molar-refractivity contribution < 1.29 is 9.59 Å². The average Bonchev–Trinajstić information content (AvgIpc) is 2.69. The van der Waals surface area contributed by atoms with Crippen LogP contribution in [0, 0.1) is 0 Å². The molecule has 0 aliphatic rings. The van der Waals surface area contributed by atoms with E-state index in [0.29, 0.717) is 22.7 Å². The lowest BCUT2D eigenvalue weighted by Gasteiger charge is -2.11. The Morgan fingerprint density at radius 3 is 2.19 bits per heavy atom. The Bertz CT molecular complexity index is 963. The van der Waals surface area contributed by atoms with Gasteiger partial charge in [-0.05, 0) is 29.8 Å². The van der Waals surface area contributed by atoms with Crippen molar-refractivity contribution in [2.45, 2.75) is 11.4 Å². The predicted molar refractivity (Wildman–Crippen MR) is 111 cm³/mol. The van der Waals surface area contributed by atoms with Crippen molar-refractivity contribution >= 4 is 41.7 Å². The van der Waals surface area contributed by atoms with E-state index < -0.39 is 0 Å². The first-order chi connectivity index (χ1) is 13.0. The van der Waals surface area contributed by atoms with Crippen molar-refractivity contribution in [1.82, 2.24) is 5.32 Å². The first-order valence-corrected chi connectivity index (χ1v) is 9.08. The number of carbonyl (C=O) groups is 2. The summed E-state index contributed by atoms with van der Waals surface area (Å²) in [5, 5.41) is 5.84. The molecule has 0 saturated heterocycles. The third kappa shape index (κ3) is 4.90. The predicted octanol–water partition coefficient (Wildman–Crippen LogP) is 4.81. The molecule has 3 aromatic rings. The zero-order valence-electron chi connectivity index (χ0n) is 14.3. The summed E-state index contributed by atoms with van der Waals surface area (Å²) in [6, 6.07) is 21.6. The molecule has 0 spiro atoms. The molecule has 2 amide bonds. The topological polar surface area (TPSA) is 58.2 Å². The van der Waals surface area contributed by atoms with Crippen molar-refractivity contribution in [2.24, 2.45) is 0 Å². The number of anilines is 1. The van der Waals surface area contributed by atoms with E-state index in [4.69, 9.17) is 11.6 Å². The second-order valence-corrected chi connectivity index (χ2v) is 6.70. The highest BCUT2D eigenvalue weighted by atomic mass is 35.5. The number of rotatable bonds is 5. The highest BCUT2D eigenvalue weighted by molar-refractivity contribution is 7.80. The molecular weight excluding hydrogens is 380 g/mol. The van der Waals surface area contributed by atoms with Crippen molar-refractivity contribution in [1.29, 1.82) is 0 Å². The summed E-state index contributed by atoms with van der Waals surface area (Å²) in [4.78, 5) is 25.4. The van der Waals surface area contributed by atoms with Gasteiger partial charge in [-0.2, -0.15) is 0 Å². The van der Waals surface area contributed by atoms with E-state index in [9.17, 15) is 9.59 Å². The maximum Gasteiger partial charge on any atom is 0.256 e. The van der Waals surface area contributed by atoms with Crippen LogP contribution in [0.5, 0.6) is 0 Å². The molecule has 0 fully saturated rings. The summed E-state index contributed by atoms with van der Waals surface area (Å²) >= 11 is 10.5. The van der Waals surface area contributed by atoms with Crippen LogP contribution in [0.2, 0.25) is 5.02 Å². The van der Waals surface area contributed by atoms with Crippen LogP contribution in [0.25, 0.3) is 0 Å². The van der Waals surface area contributed by atoms with Crippen LogP contribution in [0.3, 0.4) is 0 Å². The fourth-order valence-corrected chi connectivity index (χ4v) is 2.95. The normalized spacial score (nSPS) is 10.3. The van der Waals surface area contributed by atoms with Gasteiger partial charge < -0.3 is 10.6 Å². The standard InChI is InChI=1S/C21H17ClN2O2S/c22-18-12-15(20(25)23-13-14-7-3-1-4-8-14)11-17(19(18)27)21(26)24-16-9-5-2-6-10-16/h1-12,27H,13H2,(H,23,25)(H,24,26). The number of para-hydroxylation sites is 1. The molecule has 0 saturated carbocycles. The Balaban J connectivity index is 1.78. The fraction of sp³-hybridized carbons (Fsp3) is 0.0476. The smallest absolute Gasteiger partial charge is 0.256 e. The lowest BCUT2D eigenvalue weighted by Crippen LogP contribution is -2.23. The van der Waals surface area contributed by atoms with E-state index in [2.05, 4.69) is 23.3 Å². The van der Waals surface area contributed by atoms with Crippen LogP contribution < -0.4 is 10.6 Å². The molecule has 0 radical (unpaired) electrons. The maximum atomic E-state index is 12.6. The minimum absolute atomic E-state index is 0.236. The summed E-state index contributed by atoms with van der Waals surface area (Å²) < 4.78 is 0. The molecule has 0 atom stereocenters. The Kier molecular flexibility index (Phi) is 6.16. The van der Waals surface area contributed by atoms with Gasteiger partial charge in [-0.25, -0.2) is 0 Å². The first-order valence-electron chi connectivity index (χ1n) is 8.25. The van der Waals surface area contributed by atoms with Crippen molar-refractivity contribution in [3.8, 4) is 0 Å². The number of benzene rings is 3. The van der Waals surface area contributed by atoms with Crippen LogP contribution in [-0.2, 0) is 6.54 Å². The Hall–Kier alpha value is -2.76. The van der Waals surface area contributed by atoms with Crippen LogP contribution in [0.1, 0.15) is 26.3 Å². The van der Waals surface area contributed by atoms with Gasteiger partial charge in [0.1, 0.15) is 0 Å². The molecule has 27 heavy (non-hydrogen) atoms. The van der Waals surface area contributed by atoms with Gasteiger partial charge in [0.25, 0.3) is 11.8 Å². The monoisotopic (exact) mass is 396 g/mol. The fourth-order valence-electron chi connectivity index (χ4n) is 2.50. The molecule has 6 heteroatoms. The number of hydrogen-bond acceptors (Lipinski definition) is 3. The number of thiol groups is 1. The van der Waals surface area contributed by atoms with Gasteiger partial charge >= 0.3 is 0 Å². The van der Waals surface area contributed by atoms with E-state index in [-0.39, 0.29) is 22.4 Å². The lowest BCUT2D eigenvalue weighted by molar-refractivity contribution is 0.0951. The second-order valence-electron chi connectivity index (χ2n) is 5.84. The van der Waals surface area contributed by atoms with Gasteiger partial charge in [-0.1, -0.05) is 60.1 Å². The van der Waals surface area contributed by atoms with Gasteiger partial charge in [0, 0.05) is 22.7 Å². The average molecular weight is 397 g/mol. The van der Waals surface area contributed by atoms with Crippen LogP contribution >= 0.6 is 24.2 Å². The van der Waals surface area contributed by atoms with E-state index in [0.717, 1.165) is 5.56 Å². The molecule has 0 unspecified atom stereocenters. The molecule has 0 heterocycles. The van der Waals surface area contributed by atoms with Crippen molar-refractivity contribution in [3.05, 3.63) is 94.5 Å². The Labute approximate surface area is 168 Å². The van der Waals surface area contributed by atoms with Gasteiger partial charge in [-0.3, -0.25) is 9.59 Å². The molecule has 136 valence electrons. The molecule has 2 N–H and O–H groups in total. The molecule has 3 aromatic carbocycles. The Morgan fingerprint density at radius 2 is 1.52 bits per heavy atom.